The molecule has 1 amide bonds. The molecule has 0 atom stereocenters. The number of nitrogens with zero attached hydrogens (tertiary/aromatic N) is 1. The van der Waals surface area contributed by atoms with Crippen LogP contribution in [0.1, 0.15) is 15.9 Å². The first-order valence-electron chi connectivity index (χ1n) is 5.29. The van der Waals surface area contributed by atoms with Crippen LogP contribution < -0.4 is 5.32 Å². The van der Waals surface area contributed by atoms with Gasteiger partial charge in [0.1, 0.15) is 10.9 Å². The fraction of sp³-hybridized carbons (Fsp3) is 0.0769. The van der Waals surface area contributed by atoms with Crippen LogP contribution in [0.25, 0.3) is 0 Å². The Balaban J connectivity index is 2.22. The molecule has 5 heteroatoms. The number of benzene rings is 1. The summed E-state index contributed by atoms with van der Waals surface area (Å²) >= 11 is 5.65. The van der Waals surface area contributed by atoms with Crippen LogP contribution in [0, 0.1) is 6.92 Å². The smallest absolute Gasteiger partial charge is 0.256 e. The van der Waals surface area contributed by atoms with E-state index >= 15 is 0 Å². The summed E-state index contributed by atoms with van der Waals surface area (Å²) in [6.07, 6.45) is 1.47. The predicted octanol–water partition coefficient (Wildman–Crippen LogP) is 3.00. The fourth-order valence-electron chi connectivity index (χ4n) is 1.52. The standard InChI is InChI=1S/C13H11ClN2O2/c1-8-10(3-2-4-11(8)17)13(18)16-9-5-6-12(14)15-7-9/h2-7,17H,1H3,(H,16,18). The molecule has 2 aromatic rings. The van der Waals surface area contributed by atoms with Crippen molar-refractivity contribution in [1.82, 2.24) is 4.98 Å². The Bertz CT molecular complexity index is 582. The first kappa shape index (κ1) is 12.4. The maximum Gasteiger partial charge on any atom is 0.256 e. The van der Waals surface area contributed by atoms with Crippen LogP contribution in [-0.4, -0.2) is 16.0 Å². The molecular formula is C13H11ClN2O2. The van der Waals surface area contributed by atoms with E-state index in [0.29, 0.717) is 22.0 Å². The van der Waals surface area contributed by atoms with Crippen molar-refractivity contribution in [3.63, 3.8) is 0 Å². The van der Waals surface area contributed by atoms with Gasteiger partial charge >= 0.3 is 0 Å². The zero-order valence-electron chi connectivity index (χ0n) is 9.64. The number of carbonyl (C=O) groups is 1. The molecule has 92 valence electrons. The molecule has 0 saturated carbocycles. The quantitative estimate of drug-likeness (QED) is 0.818. The normalized spacial score (nSPS) is 10.1. The van der Waals surface area contributed by atoms with Gasteiger partial charge in [-0.25, -0.2) is 4.98 Å². The average molecular weight is 263 g/mol. The molecule has 0 aliphatic heterocycles. The Morgan fingerprint density at radius 1 is 1.33 bits per heavy atom. The minimum Gasteiger partial charge on any atom is -0.508 e. The van der Waals surface area contributed by atoms with Gasteiger partial charge in [-0.15, -0.1) is 0 Å². The van der Waals surface area contributed by atoms with E-state index in [-0.39, 0.29) is 11.7 Å². The van der Waals surface area contributed by atoms with Gasteiger partial charge in [-0.05, 0) is 31.2 Å². The average Bonchev–Trinajstić information content (AvgIpc) is 2.35. The van der Waals surface area contributed by atoms with Gasteiger partial charge in [0, 0.05) is 11.1 Å². The lowest BCUT2D eigenvalue weighted by Crippen LogP contribution is -2.13. The maximum atomic E-state index is 12.0. The van der Waals surface area contributed by atoms with Crippen molar-refractivity contribution in [2.24, 2.45) is 0 Å². The molecule has 0 aliphatic carbocycles. The van der Waals surface area contributed by atoms with Crippen molar-refractivity contribution < 1.29 is 9.90 Å². The van der Waals surface area contributed by atoms with Crippen molar-refractivity contribution in [1.29, 1.82) is 0 Å². The number of hydrogen-bond donors (Lipinski definition) is 2. The van der Waals surface area contributed by atoms with E-state index in [1.807, 2.05) is 0 Å². The van der Waals surface area contributed by atoms with Crippen molar-refractivity contribution in [3.05, 3.63) is 52.8 Å². The zero-order chi connectivity index (χ0) is 13.1. The molecule has 18 heavy (non-hydrogen) atoms. The second kappa shape index (κ2) is 5.06. The molecule has 0 radical (unpaired) electrons. The van der Waals surface area contributed by atoms with E-state index in [1.165, 1.54) is 12.3 Å². The summed E-state index contributed by atoms with van der Waals surface area (Å²) < 4.78 is 0. The largest absolute Gasteiger partial charge is 0.508 e. The Hall–Kier alpha value is -2.07. The van der Waals surface area contributed by atoms with E-state index in [9.17, 15) is 9.90 Å². The monoisotopic (exact) mass is 262 g/mol. The molecule has 0 spiro atoms. The summed E-state index contributed by atoms with van der Waals surface area (Å²) in [6, 6.07) is 8.05. The van der Waals surface area contributed by atoms with Crippen LogP contribution >= 0.6 is 11.6 Å². The molecule has 1 aromatic carbocycles. The highest BCUT2D eigenvalue weighted by molar-refractivity contribution is 6.29. The number of rotatable bonds is 2. The van der Waals surface area contributed by atoms with Crippen molar-refractivity contribution in [2.75, 3.05) is 5.32 Å². The molecule has 0 saturated heterocycles. The van der Waals surface area contributed by atoms with Gasteiger partial charge in [-0.1, -0.05) is 17.7 Å². The lowest BCUT2D eigenvalue weighted by atomic mass is 10.1. The summed E-state index contributed by atoms with van der Waals surface area (Å²) in [5.41, 5.74) is 1.51. The molecule has 0 aliphatic rings. The molecule has 0 bridgehead atoms. The van der Waals surface area contributed by atoms with Crippen molar-refractivity contribution >= 4 is 23.2 Å². The number of aromatic nitrogens is 1. The summed E-state index contributed by atoms with van der Waals surface area (Å²) in [5.74, 6) is -0.204. The number of hydrogen-bond acceptors (Lipinski definition) is 3. The lowest BCUT2D eigenvalue weighted by Gasteiger charge is -2.08. The summed E-state index contributed by atoms with van der Waals surface area (Å²) in [4.78, 5) is 15.9. The van der Waals surface area contributed by atoms with Gasteiger partial charge in [0.2, 0.25) is 0 Å². The second-order valence-corrected chi connectivity index (χ2v) is 4.16. The minimum absolute atomic E-state index is 0.0943. The van der Waals surface area contributed by atoms with Crippen LogP contribution in [0.4, 0.5) is 5.69 Å². The van der Waals surface area contributed by atoms with Crippen LogP contribution in [0.2, 0.25) is 5.15 Å². The lowest BCUT2D eigenvalue weighted by molar-refractivity contribution is 0.102. The van der Waals surface area contributed by atoms with Crippen LogP contribution in [0.3, 0.4) is 0 Å². The van der Waals surface area contributed by atoms with E-state index < -0.39 is 0 Å². The Morgan fingerprint density at radius 2 is 2.11 bits per heavy atom. The minimum atomic E-state index is -0.299. The molecule has 0 fully saturated rings. The molecule has 1 aromatic heterocycles. The summed E-state index contributed by atoms with van der Waals surface area (Å²) in [7, 11) is 0. The fourth-order valence-corrected chi connectivity index (χ4v) is 1.63. The third-order valence-corrected chi connectivity index (χ3v) is 2.76. The highest BCUT2D eigenvalue weighted by Crippen LogP contribution is 2.20. The molecular weight excluding hydrogens is 252 g/mol. The molecule has 2 N–H and O–H groups in total. The molecule has 0 unspecified atom stereocenters. The SMILES string of the molecule is Cc1c(O)cccc1C(=O)Nc1ccc(Cl)nc1. The van der Waals surface area contributed by atoms with E-state index in [4.69, 9.17) is 11.6 Å². The molecule has 1 heterocycles. The Morgan fingerprint density at radius 3 is 2.78 bits per heavy atom. The number of aromatic hydroxyl groups is 1. The number of halogens is 1. The maximum absolute atomic E-state index is 12.0. The first-order chi connectivity index (χ1) is 8.58. The topological polar surface area (TPSA) is 62.2 Å². The number of phenols is 1. The predicted molar refractivity (Wildman–Crippen MR) is 70.0 cm³/mol. The van der Waals surface area contributed by atoms with Gasteiger partial charge in [0.15, 0.2) is 0 Å². The highest BCUT2D eigenvalue weighted by atomic mass is 35.5. The highest BCUT2D eigenvalue weighted by Gasteiger charge is 2.11. The van der Waals surface area contributed by atoms with Crippen LogP contribution in [0.5, 0.6) is 5.75 Å². The van der Waals surface area contributed by atoms with E-state index in [1.54, 1.807) is 31.2 Å². The summed E-state index contributed by atoms with van der Waals surface area (Å²) in [5, 5.41) is 12.6. The van der Waals surface area contributed by atoms with Crippen LogP contribution in [-0.2, 0) is 0 Å². The Kier molecular flexibility index (Phi) is 3.48. The molecule has 2 rings (SSSR count). The Labute approximate surface area is 109 Å². The second-order valence-electron chi connectivity index (χ2n) is 3.77. The number of amides is 1. The first-order valence-corrected chi connectivity index (χ1v) is 5.67. The third kappa shape index (κ3) is 2.60. The number of carbonyl (C=O) groups excluding carboxylic acids is 1. The van der Waals surface area contributed by atoms with E-state index in [2.05, 4.69) is 10.3 Å². The number of pyridine rings is 1. The van der Waals surface area contributed by atoms with Gasteiger partial charge in [0.05, 0.1) is 11.9 Å². The van der Waals surface area contributed by atoms with E-state index in [0.717, 1.165) is 0 Å². The number of nitrogens with one attached hydrogen (secondary N) is 1. The van der Waals surface area contributed by atoms with Gasteiger partial charge < -0.3 is 10.4 Å². The van der Waals surface area contributed by atoms with Gasteiger partial charge in [-0.3, -0.25) is 4.79 Å². The third-order valence-electron chi connectivity index (χ3n) is 2.54. The summed E-state index contributed by atoms with van der Waals surface area (Å²) in [6.45, 7) is 1.68. The van der Waals surface area contributed by atoms with Gasteiger partial charge in [0.25, 0.3) is 5.91 Å². The molecule has 4 nitrogen and oxygen atoms in total. The van der Waals surface area contributed by atoms with Crippen molar-refractivity contribution in [3.8, 4) is 5.75 Å². The van der Waals surface area contributed by atoms with Crippen molar-refractivity contribution in [2.45, 2.75) is 6.92 Å². The number of phenolic OH excluding ortho intramolecular Hbond substituents is 1. The van der Waals surface area contributed by atoms with Crippen LogP contribution in [0.15, 0.2) is 36.5 Å². The zero-order valence-corrected chi connectivity index (χ0v) is 10.4. The number of anilines is 1. The van der Waals surface area contributed by atoms with Gasteiger partial charge in [-0.2, -0.15) is 0 Å².